The molecule has 1 fully saturated rings. The lowest BCUT2D eigenvalue weighted by Gasteiger charge is -2.19. The lowest BCUT2D eigenvalue weighted by Crippen LogP contribution is -2.39. The van der Waals surface area contributed by atoms with Crippen LogP contribution in [0.1, 0.15) is 26.2 Å². The van der Waals surface area contributed by atoms with E-state index in [4.69, 9.17) is 0 Å². The molecule has 1 aliphatic carbocycles. The molecule has 0 aliphatic heterocycles. The lowest BCUT2D eigenvalue weighted by molar-refractivity contribution is -0.119. The Bertz CT molecular complexity index is 159. The summed E-state index contributed by atoms with van der Waals surface area (Å²) in [5, 5.41) is 6.16. The number of nitrogens with one attached hydrogen (secondary N) is 2. The van der Waals surface area contributed by atoms with Crippen LogP contribution in [0.25, 0.3) is 0 Å². The fraction of sp³-hybridized carbons (Fsp3) is 0.889. The summed E-state index contributed by atoms with van der Waals surface area (Å²) in [7, 11) is 1.96. The number of amides is 1. The minimum absolute atomic E-state index is 0.100. The monoisotopic (exact) mass is 170 g/mol. The summed E-state index contributed by atoms with van der Waals surface area (Å²) in [5.41, 5.74) is 0. The molecule has 1 saturated carbocycles. The Morgan fingerprint density at radius 1 is 1.50 bits per heavy atom. The third-order valence-corrected chi connectivity index (χ3v) is 2.51. The smallest absolute Gasteiger partial charge is 0.217 e. The molecule has 0 saturated heterocycles. The van der Waals surface area contributed by atoms with Gasteiger partial charge in [0.05, 0.1) is 0 Å². The minimum atomic E-state index is 0.100. The van der Waals surface area contributed by atoms with Crippen molar-refractivity contribution in [1.29, 1.82) is 0 Å². The Kier molecular flexibility index (Phi) is 3.53. The van der Waals surface area contributed by atoms with E-state index in [-0.39, 0.29) is 5.91 Å². The van der Waals surface area contributed by atoms with Gasteiger partial charge in [-0.25, -0.2) is 0 Å². The molecule has 0 aromatic heterocycles. The van der Waals surface area contributed by atoms with Crippen LogP contribution >= 0.6 is 0 Å². The topological polar surface area (TPSA) is 41.1 Å². The van der Waals surface area contributed by atoms with Gasteiger partial charge in [-0.3, -0.25) is 4.79 Å². The summed E-state index contributed by atoms with van der Waals surface area (Å²) in [5.74, 6) is 0.738. The van der Waals surface area contributed by atoms with Crippen molar-refractivity contribution in [2.75, 3.05) is 13.6 Å². The van der Waals surface area contributed by atoms with Crippen LogP contribution in [0.3, 0.4) is 0 Å². The molecule has 1 aliphatic rings. The molecule has 0 radical (unpaired) electrons. The van der Waals surface area contributed by atoms with Crippen molar-refractivity contribution < 1.29 is 4.79 Å². The fourth-order valence-corrected chi connectivity index (χ4v) is 1.99. The van der Waals surface area contributed by atoms with Gasteiger partial charge in [0.2, 0.25) is 5.91 Å². The molecule has 3 nitrogen and oxygen atoms in total. The molecule has 0 spiro atoms. The summed E-state index contributed by atoms with van der Waals surface area (Å²) < 4.78 is 0. The van der Waals surface area contributed by atoms with Gasteiger partial charge in [0.15, 0.2) is 0 Å². The predicted octanol–water partition coefficient (Wildman–Crippen LogP) is 0.511. The van der Waals surface area contributed by atoms with E-state index in [1.807, 2.05) is 7.05 Å². The highest BCUT2D eigenvalue weighted by Gasteiger charge is 2.26. The quantitative estimate of drug-likeness (QED) is 0.648. The van der Waals surface area contributed by atoms with E-state index in [9.17, 15) is 4.79 Å². The van der Waals surface area contributed by atoms with Crippen molar-refractivity contribution >= 4 is 5.91 Å². The van der Waals surface area contributed by atoms with Crippen LogP contribution in [-0.2, 0) is 4.79 Å². The molecule has 3 heteroatoms. The summed E-state index contributed by atoms with van der Waals surface area (Å²) in [6.45, 7) is 2.61. The SMILES string of the molecule is CNC[C@H]1CCC[C@@H]1NC(C)=O. The highest BCUT2D eigenvalue weighted by molar-refractivity contribution is 5.73. The zero-order chi connectivity index (χ0) is 8.97. The van der Waals surface area contributed by atoms with E-state index in [0.29, 0.717) is 12.0 Å². The predicted molar refractivity (Wildman–Crippen MR) is 48.9 cm³/mol. The Labute approximate surface area is 73.9 Å². The van der Waals surface area contributed by atoms with Crippen LogP contribution in [0.15, 0.2) is 0 Å². The molecule has 1 amide bonds. The van der Waals surface area contributed by atoms with E-state index in [1.54, 1.807) is 6.92 Å². The molecular formula is C9H18N2O. The van der Waals surface area contributed by atoms with Gasteiger partial charge >= 0.3 is 0 Å². The fourth-order valence-electron chi connectivity index (χ4n) is 1.99. The Morgan fingerprint density at radius 2 is 2.25 bits per heavy atom. The average Bonchev–Trinajstić information content (AvgIpc) is 2.37. The first-order valence-electron chi connectivity index (χ1n) is 4.65. The number of carbonyl (C=O) groups excluding carboxylic acids is 1. The number of rotatable bonds is 3. The van der Waals surface area contributed by atoms with Crippen molar-refractivity contribution in [3.8, 4) is 0 Å². The molecule has 2 atom stereocenters. The zero-order valence-electron chi connectivity index (χ0n) is 7.89. The average molecular weight is 170 g/mol. The van der Waals surface area contributed by atoms with Crippen LogP contribution in [0.2, 0.25) is 0 Å². The van der Waals surface area contributed by atoms with Crippen LogP contribution in [-0.4, -0.2) is 25.5 Å². The third kappa shape index (κ3) is 2.48. The van der Waals surface area contributed by atoms with Crippen LogP contribution < -0.4 is 10.6 Å². The maximum Gasteiger partial charge on any atom is 0.217 e. The summed E-state index contributed by atoms with van der Waals surface area (Å²) in [6, 6.07) is 0.412. The summed E-state index contributed by atoms with van der Waals surface area (Å²) in [6.07, 6.45) is 3.63. The van der Waals surface area contributed by atoms with Crippen LogP contribution in [0, 0.1) is 5.92 Å². The standard InChI is InChI=1S/C9H18N2O/c1-7(12)11-9-5-3-4-8(9)6-10-2/h8-10H,3-6H2,1-2H3,(H,11,12)/t8-,9+/m1/s1. The maximum atomic E-state index is 10.8. The number of hydrogen-bond donors (Lipinski definition) is 2. The van der Waals surface area contributed by atoms with E-state index in [2.05, 4.69) is 10.6 Å². The van der Waals surface area contributed by atoms with E-state index >= 15 is 0 Å². The molecule has 12 heavy (non-hydrogen) atoms. The molecule has 0 aromatic rings. The van der Waals surface area contributed by atoms with E-state index in [1.165, 1.54) is 12.8 Å². The van der Waals surface area contributed by atoms with Crippen molar-refractivity contribution in [3.05, 3.63) is 0 Å². The first-order valence-corrected chi connectivity index (χ1v) is 4.65. The molecule has 70 valence electrons. The van der Waals surface area contributed by atoms with Gasteiger partial charge in [0, 0.05) is 13.0 Å². The third-order valence-electron chi connectivity index (χ3n) is 2.51. The Morgan fingerprint density at radius 3 is 2.83 bits per heavy atom. The lowest BCUT2D eigenvalue weighted by atomic mass is 10.0. The van der Waals surface area contributed by atoms with Gasteiger partial charge in [0.1, 0.15) is 0 Å². The second-order valence-electron chi connectivity index (χ2n) is 3.56. The van der Waals surface area contributed by atoms with E-state index in [0.717, 1.165) is 13.0 Å². The first-order chi connectivity index (χ1) is 5.74. The molecular weight excluding hydrogens is 152 g/mol. The first kappa shape index (κ1) is 9.52. The van der Waals surface area contributed by atoms with Gasteiger partial charge in [-0.2, -0.15) is 0 Å². The van der Waals surface area contributed by atoms with Gasteiger partial charge in [-0.15, -0.1) is 0 Å². The number of hydrogen-bond acceptors (Lipinski definition) is 2. The normalized spacial score (nSPS) is 28.8. The molecule has 0 aromatic carbocycles. The Balaban J connectivity index is 2.35. The molecule has 0 heterocycles. The van der Waals surface area contributed by atoms with Crippen LogP contribution in [0.4, 0.5) is 0 Å². The molecule has 0 bridgehead atoms. The second-order valence-corrected chi connectivity index (χ2v) is 3.56. The Hall–Kier alpha value is -0.570. The van der Waals surface area contributed by atoms with E-state index < -0.39 is 0 Å². The van der Waals surface area contributed by atoms with Crippen molar-refractivity contribution in [2.45, 2.75) is 32.2 Å². The highest BCUT2D eigenvalue weighted by Crippen LogP contribution is 2.24. The maximum absolute atomic E-state index is 10.8. The largest absolute Gasteiger partial charge is 0.353 e. The van der Waals surface area contributed by atoms with Crippen LogP contribution in [0.5, 0.6) is 0 Å². The zero-order valence-corrected chi connectivity index (χ0v) is 7.89. The van der Waals surface area contributed by atoms with Gasteiger partial charge in [-0.1, -0.05) is 6.42 Å². The summed E-state index contributed by atoms with van der Waals surface area (Å²) in [4.78, 5) is 10.8. The van der Waals surface area contributed by atoms with Gasteiger partial charge < -0.3 is 10.6 Å². The van der Waals surface area contributed by atoms with Crippen molar-refractivity contribution in [3.63, 3.8) is 0 Å². The minimum Gasteiger partial charge on any atom is -0.353 e. The second kappa shape index (κ2) is 4.45. The number of carbonyl (C=O) groups is 1. The summed E-state index contributed by atoms with van der Waals surface area (Å²) >= 11 is 0. The van der Waals surface area contributed by atoms with Gasteiger partial charge in [0.25, 0.3) is 0 Å². The molecule has 0 unspecified atom stereocenters. The van der Waals surface area contributed by atoms with Crippen molar-refractivity contribution in [2.24, 2.45) is 5.92 Å². The van der Waals surface area contributed by atoms with Gasteiger partial charge in [-0.05, 0) is 32.4 Å². The molecule has 1 rings (SSSR count). The van der Waals surface area contributed by atoms with Crippen molar-refractivity contribution in [1.82, 2.24) is 10.6 Å². The molecule has 2 N–H and O–H groups in total. The highest BCUT2D eigenvalue weighted by atomic mass is 16.1.